The van der Waals surface area contributed by atoms with E-state index in [0.717, 1.165) is 17.8 Å². The highest BCUT2D eigenvalue weighted by Crippen LogP contribution is 2.20. The van der Waals surface area contributed by atoms with Gasteiger partial charge in [0.05, 0.1) is 0 Å². The van der Waals surface area contributed by atoms with Crippen molar-refractivity contribution in [3.63, 3.8) is 0 Å². The van der Waals surface area contributed by atoms with E-state index < -0.39 is 14.1 Å². The third-order valence-electron chi connectivity index (χ3n) is 3.46. The van der Waals surface area contributed by atoms with Gasteiger partial charge < -0.3 is 0 Å². The summed E-state index contributed by atoms with van der Waals surface area (Å²) < 4.78 is 0. The highest BCUT2D eigenvalue weighted by Gasteiger charge is 2.17. The van der Waals surface area contributed by atoms with Crippen LogP contribution in [0, 0.1) is 17.8 Å². The van der Waals surface area contributed by atoms with Crippen LogP contribution >= 0.6 is 0 Å². The Kier molecular flexibility index (Phi) is 9.87. The molecular formula is C15H33Al. The fourth-order valence-electron chi connectivity index (χ4n) is 2.14. The second kappa shape index (κ2) is 9.55. The van der Waals surface area contributed by atoms with Crippen LogP contribution in [0.1, 0.15) is 60.8 Å². The SMILES string of the molecule is CC(C)C[CH2][Al]([CH2]CC(C)C)[CH2]CC(C)C. The van der Waals surface area contributed by atoms with Crippen molar-refractivity contribution in [3.8, 4) is 0 Å². The first kappa shape index (κ1) is 16.5. The minimum absolute atomic E-state index is 0.402. The van der Waals surface area contributed by atoms with E-state index in [4.69, 9.17) is 0 Å². The Hall–Kier alpha value is 0.532. The minimum atomic E-state index is -0.402. The van der Waals surface area contributed by atoms with E-state index in [1.807, 2.05) is 0 Å². The molecule has 0 N–H and O–H groups in total. The van der Waals surface area contributed by atoms with Crippen LogP contribution in [0.25, 0.3) is 0 Å². The van der Waals surface area contributed by atoms with Crippen molar-refractivity contribution >= 4 is 14.1 Å². The second-order valence-electron chi connectivity index (χ2n) is 6.78. The third kappa shape index (κ3) is 11.0. The van der Waals surface area contributed by atoms with E-state index in [2.05, 4.69) is 41.5 Å². The first-order valence-electron chi connectivity index (χ1n) is 7.41. The number of hydrogen-bond donors (Lipinski definition) is 0. The molecule has 0 aliphatic heterocycles. The Bertz CT molecular complexity index is 121. The normalized spacial score (nSPS) is 11.8. The fraction of sp³-hybridized carbons (Fsp3) is 1.00. The van der Waals surface area contributed by atoms with Crippen LogP contribution in [0.15, 0.2) is 0 Å². The van der Waals surface area contributed by atoms with Crippen LogP contribution < -0.4 is 0 Å². The lowest BCUT2D eigenvalue weighted by atomic mass is 10.1. The quantitative estimate of drug-likeness (QED) is 0.459. The standard InChI is InChI=1S/3C5H11.Al/c3*1-4-5(2)3;/h3*5H,1,4H2,2-3H3;. The van der Waals surface area contributed by atoms with Gasteiger partial charge in [0.1, 0.15) is 0 Å². The summed E-state index contributed by atoms with van der Waals surface area (Å²) in [6.45, 7) is 14.2. The zero-order chi connectivity index (χ0) is 12.6. The molecule has 0 atom stereocenters. The lowest BCUT2D eigenvalue weighted by Gasteiger charge is -2.15. The Labute approximate surface area is 109 Å². The molecule has 0 amide bonds. The third-order valence-corrected chi connectivity index (χ3v) is 6.91. The summed E-state index contributed by atoms with van der Waals surface area (Å²) in [5.41, 5.74) is 0. The average Bonchev–Trinajstić information content (AvgIpc) is 2.15. The van der Waals surface area contributed by atoms with Crippen molar-refractivity contribution in [1.29, 1.82) is 0 Å². The Morgan fingerprint density at radius 2 is 0.812 bits per heavy atom. The van der Waals surface area contributed by atoms with E-state index in [0.29, 0.717) is 0 Å². The van der Waals surface area contributed by atoms with Crippen LogP contribution in [0.4, 0.5) is 0 Å². The van der Waals surface area contributed by atoms with Gasteiger partial charge in [-0.1, -0.05) is 76.7 Å². The molecule has 0 heterocycles. The highest BCUT2D eigenvalue weighted by atomic mass is 27.2. The second-order valence-corrected chi connectivity index (χ2v) is 10.2. The van der Waals surface area contributed by atoms with Gasteiger partial charge in [-0.25, -0.2) is 0 Å². The largest absolute Gasteiger partial charge is 0.261 e. The summed E-state index contributed by atoms with van der Waals surface area (Å²) in [5.74, 6) is 2.73. The van der Waals surface area contributed by atoms with Gasteiger partial charge in [-0.3, -0.25) is 0 Å². The van der Waals surface area contributed by atoms with Crippen LogP contribution in [0.3, 0.4) is 0 Å². The first-order valence-corrected chi connectivity index (χ1v) is 9.86. The van der Waals surface area contributed by atoms with Gasteiger partial charge in [0.2, 0.25) is 0 Å². The molecule has 0 unspecified atom stereocenters. The van der Waals surface area contributed by atoms with Crippen molar-refractivity contribution in [1.82, 2.24) is 0 Å². The van der Waals surface area contributed by atoms with E-state index in [9.17, 15) is 0 Å². The summed E-state index contributed by atoms with van der Waals surface area (Å²) >= 11 is -0.402. The molecule has 0 radical (unpaired) electrons. The summed E-state index contributed by atoms with van der Waals surface area (Å²) in [4.78, 5) is 0. The van der Waals surface area contributed by atoms with Crippen molar-refractivity contribution in [2.75, 3.05) is 0 Å². The lowest BCUT2D eigenvalue weighted by Crippen LogP contribution is -2.15. The first-order chi connectivity index (χ1) is 7.41. The fourth-order valence-corrected chi connectivity index (χ4v) is 6.42. The van der Waals surface area contributed by atoms with Gasteiger partial charge in [-0.15, -0.1) is 0 Å². The van der Waals surface area contributed by atoms with Crippen molar-refractivity contribution < 1.29 is 0 Å². The van der Waals surface area contributed by atoms with Crippen LogP contribution in [0.5, 0.6) is 0 Å². The number of rotatable bonds is 9. The van der Waals surface area contributed by atoms with E-state index in [-0.39, 0.29) is 0 Å². The zero-order valence-electron chi connectivity index (χ0n) is 12.6. The molecule has 1 heteroatoms. The lowest BCUT2D eigenvalue weighted by molar-refractivity contribution is 0.592. The molecule has 0 aromatic heterocycles. The molecular weight excluding hydrogens is 207 g/mol. The van der Waals surface area contributed by atoms with Gasteiger partial charge in [0.25, 0.3) is 14.1 Å². The predicted molar refractivity (Wildman–Crippen MR) is 78.5 cm³/mol. The molecule has 0 fully saturated rings. The summed E-state index contributed by atoms with van der Waals surface area (Å²) in [7, 11) is 0. The van der Waals surface area contributed by atoms with Gasteiger partial charge in [-0.2, -0.15) is 0 Å². The molecule has 96 valence electrons. The van der Waals surface area contributed by atoms with Crippen LogP contribution in [-0.2, 0) is 0 Å². The average molecular weight is 240 g/mol. The molecule has 0 saturated heterocycles. The van der Waals surface area contributed by atoms with E-state index >= 15 is 0 Å². The van der Waals surface area contributed by atoms with Gasteiger partial charge in [0, 0.05) is 0 Å². The Balaban J connectivity index is 3.85. The van der Waals surface area contributed by atoms with Crippen molar-refractivity contribution in [2.45, 2.75) is 76.7 Å². The summed E-state index contributed by atoms with van der Waals surface area (Å²) in [5, 5.41) is 4.78. The smallest absolute Gasteiger partial charge is 0.0936 e. The molecule has 0 aromatic rings. The van der Waals surface area contributed by atoms with Crippen molar-refractivity contribution in [3.05, 3.63) is 0 Å². The molecule has 0 spiro atoms. The molecule has 0 aliphatic carbocycles. The summed E-state index contributed by atoms with van der Waals surface area (Å²) in [6.07, 6.45) is 4.44. The van der Waals surface area contributed by atoms with Gasteiger partial charge >= 0.3 is 0 Å². The van der Waals surface area contributed by atoms with E-state index in [1.165, 1.54) is 19.3 Å². The molecule has 0 nitrogen and oxygen atoms in total. The van der Waals surface area contributed by atoms with Crippen molar-refractivity contribution in [2.24, 2.45) is 17.8 Å². The molecule has 0 aliphatic rings. The topological polar surface area (TPSA) is 0 Å². The van der Waals surface area contributed by atoms with Crippen LogP contribution in [0.2, 0.25) is 15.8 Å². The summed E-state index contributed by atoms with van der Waals surface area (Å²) in [6, 6.07) is 0. The molecule has 0 rings (SSSR count). The van der Waals surface area contributed by atoms with Gasteiger partial charge in [-0.05, 0) is 17.8 Å². The highest BCUT2D eigenvalue weighted by molar-refractivity contribution is 6.58. The maximum atomic E-state index is 2.37. The Morgan fingerprint density at radius 3 is 1.00 bits per heavy atom. The maximum absolute atomic E-state index is 2.37. The number of hydrogen-bond acceptors (Lipinski definition) is 0. The maximum Gasteiger partial charge on any atom is 0.261 e. The van der Waals surface area contributed by atoms with Gasteiger partial charge in [0.15, 0.2) is 0 Å². The molecule has 16 heavy (non-hydrogen) atoms. The monoisotopic (exact) mass is 240 g/mol. The Morgan fingerprint density at radius 1 is 0.562 bits per heavy atom. The molecule has 0 saturated carbocycles. The predicted octanol–water partition coefficient (Wildman–Crippen LogP) is 5.62. The van der Waals surface area contributed by atoms with Crippen LogP contribution in [-0.4, -0.2) is 14.1 Å². The molecule has 0 aromatic carbocycles. The zero-order valence-corrected chi connectivity index (χ0v) is 13.7. The molecule has 0 bridgehead atoms. The minimum Gasteiger partial charge on any atom is -0.0936 e. The van der Waals surface area contributed by atoms with E-state index in [1.54, 1.807) is 15.8 Å².